The lowest BCUT2D eigenvalue weighted by molar-refractivity contribution is 0.356. The average molecular weight is 375 g/mol. The highest BCUT2D eigenvalue weighted by Crippen LogP contribution is 2.34. The van der Waals surface area contributed by atoms with Crippen molar-refractivity contribution in [3.05, 3.63) is 72.4 Å². The van der Waals surface area contributed by atoms with Crippen LogP contribution < -0.4 is 14.8 Å². The molecule has 0 fully saturated rings. The first kappa shape index (κ1) is 17.8. The molecule has 2 heterocycles. The molecule has 0 atom stereocenters. The van der Waals surface area contributed by atoms with Crippen molar-refractivity contribution >= 4 is 16.6 Å². The van der Waals surface area contributed by atoms with E-state index in [4.69, 9.17) is 9.47 Å². The van der Waals surface area contributed by atoms with Crippen LogP contribution in [0.5, 0.6) is 11.5 Å². The summed E-state index contributed by atoms with van der Waals surface area (Å²) >= 11 is 0. The van der Waals surface area contributed by atoms with Gasteiger partial charge in [-0.1, -0.05) is 24.3 Å². The number of hydrogen-bond donors (Lipinski definition) is 1. The maximum absolute atomic E-state index is 5.43. The second kappa shape index (κ2) is 7.96. The molecule has 0 spiro atoms. The molecule has 0 aliphatic heterocycles. The molecule has 0 aliphatic rings. The Hall–Kier alpha value is -3.61. The van der Waals surface area contributed by atoms with E-state index in [0.717, 1.165) is 16.6 Å². The third kappa shape index (κ3) is 3.73. The predicted octanol–water partition coefficient (Wildman–Crippen LogP) is 3.50. The highest BCUT2D eigenvalue weighted by atomic mass is 16.5. The number of rotatable bonds is 7. The van der Waals surface area contributed by atoms with Crippen LogP contribution in [0.3, 0.4) is 0 Å². The summed E-state index contributed by atoms with van der Waals surface area (Å²) in [5, 5.41) is 9.58. The molecule has 0 unspecified atom stereocenters. The lowest BCUT2D eigenvalue weighted by atomic mass is 10.1. The van der Waals surface area contributed by atoms with Crippen molar-refractivity contribution in [1.82, 2.24) is 19.7 Å². The van der Waals surface area contributed by atoms with Gasteiger partial charge in [0.1, 0.15) is 18.5 Å². The Morgan fingerprint density at radius 2 is 1.71 bits per heavy atom. The zero-order valence-electron chi connectivity index (χ0n) is 15.8. The van der Waals surface area contributed by atoms with E-state index in [0.29, 0.717) is 24.6 Å². The van der Waals surface area contributed by atoms with Crippen LogP contribution in [0.4, 0.5) is 5.82 Å². The first-order valence-electron chi connectivity index (χ1n) is 8.91. The zero-order chi connectivity index (χ0) is 19.3. The van der Waals surface area contributed by atoms with Gasteiger partial charge in [0.05, 0.1) is 20.8 Å². The molecule has 2 aromatic heterocycles. The molecule has 0 amide bonds. The lowest BCUT2D eigenvalue weighted by Gasteiger charge is -2.13. The number of benzene rings is 2. The van der Waals surface area contributed by atoms with E-state index in [2.05, 4.69) is 44.6 Å². The van der Waals surface area contributed by atoms with E-state index in [1.807, 2.05) is 18.2 Å². The molecule has 0 radical (unpaired) electrons. The minimum atomic E-state index is 0.671. The van der Waals surface area contributed by atoms with E-state index in [-0.39, 0.29) is 0 Å². The summed E-state index contributed by atoms with van der Waals surface area (Å²) in [4.78, 5) is 8.46. The number of anilines is 1. The van der Waals surface area contributed by atoms with Crippen LogP contribution in [0, 0.1) is 0 Å². The van der Waals surface area contributed by atoms with Crippen molar-refractivity contribution in [3.63, 3.8) is 0 Å². The Morgan fingerprint density at radius 1 is 0.964 bits per heavy atom. The monoisotopic (exact) mass is 375 g/mol. The molecular weight excluding hydrogens is 354 g/mol. The summed E-state index contributed by atoms with van der Waals surface area (Å²) in [7, 11) is 3.27. The van der Waals surface area contributed by atoms with Crippen LogP contribution in [0.1, 0.15) is 11.1 Å². The minimum Gasteiger partial charge on any atom is -0.493 e. The van der Waals surface area contributed by atoms with Gasteiger partial charge in [0.25, 0.3) is 0 Å². The average Bonchev–Trinajstić information content (AvgIpc) is 3.25. The van der Waals surface area contributed by atoms with Gasteiger partial charge >= 0.3 is 0 Å². The molecule has 1 N–H and O–H groups in total. The molecule has 4 aromatic rings. The molecule has 142 valence electrons. The molecule has 7 heteroatoms. The van der Waals surface area contributed by atoms with Crippen LogP contribution in [0.25, 0.3) is 10.8 Å². The van der Waals surface area contributed by atoms with Gasteiger partial charge in [-0.3, -0.25) is 0 Å². The molecular formula is C21H21N5O2. The normalized spacial score (nSPS) is 10.8. The van der Waals surface area contributed by atoms with Gasteiger partial charge in [0.2, 0.25) is 0 Å². The van der Waals surface area contributed by atoms with Gasteiger partial charge in [-0.2, -0.15) is 5.10 Å². The topological polar surface area (TPSA) is 74.1 Å². The number of methoxy groups -OCH3 is 2. The Balaban J connectivity index is 1.50. The fourth-order valence-corrected chi connectivity index (χ4v) is 3.09. The summed E-state index contributed by atoms with van der Waals surface area (Å²) in [6.07, 6.45) is 5.04. The smallest absolute Gasteiger partial charge is 0.161 e. The molecule has 0 bridgehead atoms. The fraction of sp³-hybridized carbons (Fsp3) is 0.190. The van der Waals surface area contributed by atoms with Crippen molar-refractivity contribution in [2.75, 3.05) is 19.5 Å². The Bertz CT molecular complexity index is 1060. The SMILES string of the molecule is COc1cc2ccnc(NCc3ccc(Cn4cncn4)cc3)c2cc1OC. The summed E-state index contributed by atoms with van der Waals surface area (Å²) in [6, 6.07) is 14.3. The molecule has 0 saturated carbocycles. The minimum absolute atomic E-state index is 0.671. The molecule has 28 heavy (non-hydrogen) atoms. The van der Waals surface area contributed by atoms with Gasteiger partial charge in [-0.15, -0.1) is 0 Å². The Kier molecular flexibility index (Phi) is 5.05. The van der Waals surface area contributed by atoms with Crippen molar-refractivity contribution < 1.29 is 9.47 Å². The summed E-state index contributed by atoms with van der Waals surface area (Å²) in [6.45, 7) is 1.38. The highest BCUT2D eigenvalue weighted by Gasteiger charge is 2.09. The molecule has 0 aliphatic carbocycles. The van der Waals surface area contributed by atoms with E-state index in [1.54, 1.807) is 37.8 Å². The molecule has 4 rings (SSSR count). The predicted molar refractivity (Wildman–Crippen MR) is 108 cm³/mol. The number of aromatic nitrogens is 4. The van der Waals surface area contributed by atoms with E-state index in [1.165, 1.54) is 11.1 Å². The van der Waals surface area contributed by atoms with Crippen LogP contribution >= 0.6 is 0 Å². The molecule has 7 nitrogen and oxygen atoms in total. The van der Waals surface area contributed by atoms with Gasteiger partial charge < -0.3 is 14.8 Å². The van der Waals surface area contributed by atoms with Gasteiger partial charge in [-0.05, 0) is 34.7 Å². The van der Waals surface area contributed by atoms with Crippen molar-refractivity contribution in [2.24, 2.45) is 0 Å². The van der Waals surface area contributed by atoms with Gasteiger partial charge in [0.15, 0.2) is 11.5 Å². The standard InChI is InChI=1S/C21H21N5O2/c1-27-19-9-17-7-8-23-21(18(17)10-20(19)28-2)24-11-15-3-5-16(6-4-15)12-26-14-22-13-25-26/h3-10,13-14H,11-12H2,1-2H3,(H,23,24). The van der Waals surface area contributed by atoms with E-state index < -0.39 is 0 Å². The summed E-state index contributed by atoms with van der Waals surface area (Å²) < 4.78 is 12.6. The van der Waals surface area contributed by atoms with Gasteiger partial charge in [-0.25, -0.2) is 14.6 Å². The maximum Gasteiger partial charge on any atom is 0.161 e. The second-order valence-corrected chi connectivity index (χ2v) is 6.35. The Morgan fingerprint density at radius 3 is 2.43 bits per heavy atom. The maximum atomic E-state index is 5.43. The number of hydrogen-bond acceptors (Lipinski definition) is 6. The fourth-order valence-electron chi connectivity index (χ4n) is 3.09. The van der Waals surface area contributed by atoms with Crippen molar-refractivity contribution in [1.29, 1.82) is 0 Å². The third-order valence-corrected chi connectivity index (χ3v) is 4.56. The number of nitrogens with one attached hydrogen (secondary N) is 1. The summed E-state index contributed by atoms with van der Waals surface area (Å²) in [5.74, 6) is 2.20. The third-order valence-electron chi connectivity index (χ3n) is 4.56. The zero-order valence-corrected chi connectivity index (χ0v) is 15.8. The number of ether oxygens (including phenoxy) is 2. The van der Waals surface area contributed by atoms with Crippen molar-refractivity contribution in [2.45, 2.75) is 13.1 Å². The van der Waals surface area contributed by atoms with E-state index >= 15 is 0 Å². The number of fused-ring (bicyclic) bond motifs is 1. The molecule has 2 aromatic carbocycles. The van der Waals surface area contributed by atoms with Crippen LogP contribution in [0.2, 0.25) is 0 Å². The molecule has 0 saturated heterocycles. The first-order chi connectivity index (χ1) is 13.8. The van der Waals surface area contributed by atoms with Gasteiger partial charge in [0, 0.05) is 18.1 Å². The van der Waals surface area contributed by atoms with Crippen LogP contribution in [-0.2, 0) is 13.1 Å². The van der Waals surface area contributed by atoms with Crippen LogP contribution in [0.15, 0.2) is 61.3 Å². The number of pyridine rings is 1. The van der Waals surface area contributed by atoms with Crippen molar-refractivity contribution in [3.8, 4) is 11.5 Å². The van der Waals surface area contributed by atoms with E-state index in [9.17, 15) is 0 Å². The Labute approximate surface area is 163 Å². The number of nitrogens with zero attached hydrogens (tertiary/aromatic N) is 4. The second-order valence-electron chi connectivity index (χ2n) is 6.35. The summed E-state index contributed by atoms with van der Waals surface area (Å²) in [5.41, 5.74) is 2.34. The largest absolute Gasteiger partial charge is 0.493 e. The lowest BCUT2D eigenvalue weighted by Crippen LogP contribution is -2.03. The first-order valence-corrected chi connectivity index (χ1v) is 8.91. The quantitative estimate of drug-likeness (QED) is 0.533. The van der Waals surface area contributed by atoms with Crippen LogP contribution in [-0.4, -0.2) is 34.0 Å². The highest BCUT2D eigenvalue weighted by molar-refractivity contribution is 5.94.